The van der Waals surface area contributed by atoms with Gasteiger partial charge in [0.2, 0.25) is 0 Å². The van der Waals surface area contributed by atoms with Crippen molar-refractivity contribution in [3.63, 3.8) is 0 Å². The van der Waals surface area contributed by atoms with E-state index in [1.165, 1.54) is 6.33 Å². The van der Waals surface area contributed by atoms with Gasteiger partial charge in [-0.25, -0.2) is 4.98 Å². The Morgan fingerprint density at radius 3 is 3.22 bits per heavy atom. The van der Waals surface area contributed by atoms with Crippen LogP contribution in [-0.4, -0.2) is 27.2 Å². The lowest BCUT2D eigenvalue weighted by Gasteiger charge is -1.89. The molecule has 0 atom stereocenters. The molecule has 1 N–H and O–H groups in total. The van der Waals surface area contributed by atoms with Crippen LogP contribution in [0.2, 0.25) is 0 Å². The van der Waals surface area contributed by atoms with Gasteiger partial charge in [0.25, 0.3) is 0 Å². The van der Waals surface area contributed by atoms with E-state index in [1.807, 2.05) is 11.8 Å². The van der Waals surface area contributed by atoms with Crippen molar-refractivity contribution >= 4 is 11.8 Å². The minimum absolute atomic E-state index is 0.976. The van der Waals surface area contributed by atoms with Crippen LogP contribution >= 0.6 is 11.8 Å². The summed E-state index contributed by atoms with van der Waals surface area (Å²) in [6, 6.07) is 0. The molecule has 1 aromatic heterocycles. The van der Waals surface area contributed by atoms with Crippen LogP contribution in [0, 0.1) is 0 Å². The molecule has 0 aromatic carbocycles. The van der Waals surface area contributed by atoms with Crippen LogP contribution in [0.5, 0.6) is 0 Å². The molecule has 0 saturated heterocycles. The molecule has 0 amide bonds. The number of nitrogens with zero attached hydrogens (tertiary/aromatic N) is 2. The summed E-state index contributed by atoms with van der Waals surface area (Å²) in [4.78, 5) is 3.97. The van der Waals surface area contributed by atoms with E-state index in [9.17, 15) is 0 Å². The highest BCUT2D eigenvalue weighted by Crippen LogP contribution is 1.96. The Bertz CT molecular complexity index is 149. The van der Waals surface area contributed by atoms with Crippen molar-refractivity contribution in [1.82, 2.24) is 15.2 Å². The summed E-state index contributed by atoms with van der Waals surface area (Å²) in [7, 11) is 0. The molecule has 0 aliphatic rings. The average Bonchev–Trinajstić information content (AvgIpc) is 2.34. The van der Waals surface area contributed by atoms with E-state index in [0.717, 1.165) is 18.0 Å². The Hall–Kier alpha value is -0.510. The van der Waals surface area contributed by atoms with Crippen molar-refractivity contribution in [2.75, 3.05) is 12.0 Å². The third kappa shape index (κ3) is 2.05. The maximum Gasteiger partial charge on any atom is 0.137 e. The molecule has 0 saturated carbocycles. The first kappa shape index (κ1) is 6.61. The average molecular weight is 143 g/mol. The van der Waals surface area contributed by atoms with Crippen molar-refractivity contribution in [1.29, 1.82) is 0 Å². The van der Waals surface area contributed by atoms with Crippen LogP contribution in [-0.2, 0) is 6.42 Å². The Kier molecular flexibility index (Phi) is 2.57. The van der Waals surface area contributed by atoms with Gasteiger partial charge in [0.15, 0.2) is 0 Å². The molecule has 9 heavy (non-hydrogen) atoms. The summed E-state index contributed by atoms with van der Waals surface area (Å²) in [6.07, 6.45) is 4.60. The first-order valence-electron chi connectivity index (χ1n) is 2.76. The second-order valence-electron chi connectivity index (χ2n) is 1.67. The number of aromatic amines is 1. The van der Waals surface area contributed by atoms with Gasteiger partial charge in [-0.1, -0.05) is 0 Å². The maximum atomic E-state index is 3.97. The van der Waals surface area contributed by atoms with E-state index < -0.39 is 0 Å². The zero-order chi connectivity index (χ0) is 6.53. The zero-order valence-electron chi connectivity index (χ0n) is 5.29. The summed E-state index contributed by atoms with van der Waals surface area (Å²) >= 11 is 1.81. The lowest BCUT2D eigenvalue weighted by Crippen LogP contribution is -1.89. The van der Waals surface area contributed by atoms with Gasteiger partial charge in [0.1, 0.15) is 12.2 Å². The van der Waals surface area contributed by atoms with E-state index in [0.29, 0.717) is 0 Å². The Morgan fingerprint density at radius 1 is 1.78 bits per heavy atom. The molecule has 0 aliphatic carbocycles. The number of hydrogen-bond acceptors (Lipinski definition) is 3. The van der Waals surface area contributed by atoms with Crippen molar-refractivity contribution in [3.8, 4) is 0 Å². The third-order valence-electron chi connectivity index (χ3n) is 1.01. The van der Waals surface area contributed by atoms with Gasteiger partial charge in [-0.05, 0) is 6.26 Å². The summed E-state index contributed by atoms with van der Waals surface area (Å²) < 4.78 is 0. The zero-order valence-corrected chi connectivity index (χ0v) is 6.11. The van der Waals surface area contributed by atoms with Crippen LogP contribution in [0.15, 0.2) is 6.33 Å². The maximum absolute atomic E-state index is 3.97. The summed E-state index contributed by atoms with van der Waals surface area (Å²) in [5.41, 5.74) is 0. The second kappa shape index (κ2) is 3.50. The first-order chi connectivity index (χ1) is 4.43. The lowest BCUT2D eigenvalue weighted by atomic mass is 10.5. The first-order valence-corrected chi connectivity index (χ1v) is 4.16. The highest BCUT2D eigenvalue weighted by Gasteiger charge is 1.91. The van der Waals surface area contributed by atoms with Gasteiger partial charge in [0.05, 0.1) is 0 Å². The standard InChI is InChI=1S/C5H9N3S/c1-9-3-2-5-6-4-7-8-5/h4H,2-3H2,1H3,(H,6,7,8). The molecule has 0 fully saturated rings. The van der Waals surface area contributed by atoms with Gasteiger partial charge in [-0.3, -0.25) is 5.10 Å². The summed E-state index contributed by atoms with van der Waals surface area (Å²) in [5, 5.41) is 6.53. The number of rotatable bonds is 3. The number of H-pyrrole nitrogens is 1. The van der Waals surface area contributed by atoms with Crippen molar-refractivity contribution < 1.29 is 0 Å². The van der Waals surface area contributed by atoms with Crippen molar-refractivity contribution in [2.45, 2.75) is 6.42 Å². The highest BCUT2D eigenvalue weighted by atomic mass is 32.2. The number of aryl methyl sites for hydroxylation is 1. The quantitative estimate of drug-likeness (QED) is 0.677. The van der Waals surface area contributed by atoms with E-state index in [1.54, 1.807) is 0 Å². The molecular formula is C5H9N3S. The Morgan fingerprint density at radius 2 is 2.67 bits per heavy atom. The van der Waals surface area contributed by atoms with Gasteiger partial charge < -0.3 is 0 Å². The van der Waals surface area contributed by atoms with E-state index in [2.05, 4.69) is 21.4 Å². The van der Waals surface area contributed by atoms with E-state index >= 15 is 0 Å². The van der Waals surface area contributed by atoms with Crippen LogP contribution in [0.3, 0.4) is 0 Å². The van der Waals surface area contributed by atoms with Crippen LogP contribution < -0.4 is 0 Å². The van der Waals surface area contributed by atoms with Crippen molar-refractivity contribution in [3.05, 3.63) is 12.2 Å². The monoisotopic (exact) mass is 143 g/mol. The van der Waals surface area contributed by atoms with E-state index in [4.69, 9.17) is 0 Å². The van der Waals surface area contributed by atoms with Gasteiger partial charge in [-0.2, -0.15) is 16.9 Å². The predicted molar refractivity (Wildman–Crippen MR) is 38.5 cm³/mol. The second-order valence-corrected chi connectivity index (χ2v) is 2.66. The Balaban J connectivity index is 2.30. The molecule has 0 bridgehead atoms. The molecule has 1 aromatic rings. The molecule has 1 heterocycles. The van der Waals surface area contributed by atoms with Crippen molar-refractivity contribution in [2.24, 2.45) is 0 Å². The molecule has 4 heteroatoms. The fourth-order valence-electron chi connectivity index (χ4n) is 0.550. The van der Waals surface area contributed by atoms with Crippen LogP contribution in [0.25, 0.3) is 0 Å². The normalized spacial score (nSPS) is 9.89. The van der Waals surface area contributed by atoms with Crippen LogP contribution in [0.4, 0.5) is 0 Å². The summed E-state index contributed by atoms with van der Waals surface area (Å²) in [5.74, 6) is 2.08. The highest BCUT2D eigenvalue weighted by molar-refractivity contribution is 7.98. The molecule has 0 radical (unpaired) electrons. The smallest absolute Gasteiger partial charge is 0.137 e. The number of hydrogen-bond donors (Lipinski definition) is 1. The number of thioether (sulfide) groups is 1. The van der Waals surface area contributed by atoms with Crippen LogP contribution in [0.1, 0.15) is 5.82 Å². The predicted octanol–water partition coefficient (Wildman–Crippen LogP) is 0.710. The fraction of sp³-hybridized carbons (Fsp3) is 0.600. The van der Waals surface area contributed by atoms with Gasteiger partial charge in [-0.15, -0.1) is 0 Å². The number of nitrogens with one attached hydrogen (secondary N) is 1. The van der Waals surface area contributed by atoms with Gasteiger partial charge >= 0.3 is 0 Å². The third-order valence-corrected chi connectivity index (χ3v) is 1.62. The van der Waals surface area contributed by atoms with E-state index in [-0.39, 0.29) is 0 Å². The minimum Gasteiger partial charge on any atom is -0.263 e. The molecule has 50 valence electrons. The molecule has 1 rings (SSSR count). The number of aromatic nitrogens is 3. The topological polar surface area (TPSA) is 41.6 Å². The minimum atomic E-state index is 0.976. The van der Waals surface area contributed by atoms with Gasteiger partial charge in [0, 0.05) is 12.2 Å². The molecule has 0 spiro atoms. The summed E-state index contributed by atoms with van der Waals surface area (Å²) in [6.45, 7) is 0. The SMILES string of the molecule is CSCCc1ncn[nH]1. The molecule has 0 aliphatic heterocycles. The fourth-order valence-corrected chi connectivity index (χ4v) is 0.947. The Labute approximate surface area is 58.3 Å². The lowest BCUT2D eigenvalue weighted by molar-refractivity contribution is 0.954. The largest absolute Gasteiger partial charge is 0.263 e. The molecular weight excluding hydrogens is 134 g/mol. The molecule has 0 unspecified atom stereocenters. The molecule has 3 nitrogen and oxygen atoms in total.